The Labute approximate surface area is 208 Å². The summed E-state index contributed by atoms with van der Waals surface area (Å²) in [5.74, 6) is -0.913. The number of nitrogens with one attached hydrogen (secondary N) is 1. The molecule has 0 fully saturated rings. The van der Waals surface area contributed by atoms with Gasteiger partial charge < -0.3 is 15.0 Å². The van der Waals surface area contributed by atoms with Crippen molar-refractivity contribution in [1.82, 2.24) is 34.8 Å². The minimum atomic E-state index is -4.81. The van der Waals surface area contributed by atoms with Gasteiger partial charge in [-0.1, -0.05) is 6.58 Å². The van der Waals surface area contributed by atoms with Crippen LogP contribution in [-0.4, -0.2) is 61.7 Å². The van der Waals surface area contributed by atoms with E-state index in [1.807, 2.05) is 0 Å². The number of carbonyl (C=O) groups excluding carboxylic acids is 2. The molecular formula is C24H22F3N7O3. The van der Waals surface area contributed by atoms with E-state index in [1.54, 1.807) is 38.8 Å². The van der Waals surface area contributed by atoms with E-state index in [0.29, 0.717) is 33.5 Å². The van der Waals surface area contributed by atoms with Crippen molar-refractivity contribution < 1.29 is 27.5 Å². The molecule has 0 atom stereocenters. The molecule has 0 spiro atoms. The highest BCUT2D eigenvalue weighted by molar-refractivity contribution is 5.96. The molecule has 0 unspecified atom stereocenters. The van der Waals surface area contributed by atoms with Gasteiger partial charge in [-0.25, -0.2) is 9.67 Å². The highest BCUT2D eigenvalue weighted by Gasteiger charge is 2.31. The van der Waals surface area contributed by atoms with Crippen molar-refractivity contribution in [1.29, 1.82) is 0 Å². The van der Waals surface area contributed by atoms with E-state index < -0.39 is 12.3 Å². The largest absolute Gasteiger partial charge is 0.573 e. The van der Waals surface area contributed by atoms with Crippen LogP contribution in [0.15, 0.2) is 61.6 Å². The molecule has 0 bridgehead atoms. The summed E-state index contributed by atoms with van der Waals surface area (Å²) < 4.78 is 44.6. The van der Waals surface area contributed by atoms with Crippen molar-refractivity contribution >= 4 is 22.8 Å². The number of aromatic nitrogens is 5. The predicted molar refractivity (Wildman–Crippen MR) is 128 cm³/mol. The number of rotatable bonds is 8. The Morgan fingerprint density at radius 2 is 1.92 bits per heavy atom. The summed E-state index contributed by atoms with van der Waals surface area (Å²) in [5.41, 5.74) is 2.67. The molecule has 4 aromatic rings. The first kappa shape index (κ1) is 25.4. The van der Waals surface area contributed by atoms with E-state index in [2.05, 4.69) is 31.8 Å². The zero-order valence-corrected chi connectivity index (χ0v) is 19.9. The van der Waals surface area contributed by atoms with Gasteiger partial charge >= 0.3 is 6.36 Å². The molecule has 0 saturated heterocycles. The maximum atomic E-state index is 12.6. The lowest BCUT2D eigenvalue weighted by Gasteiger charge is -2.09. The fourth-order valence-electron chi connectivity index (χ4n) is 3.56. The van der Waals surface area contributed by atoms with Crippen LogP contribution >= 0.6 is 0 Å². The fraction of sp³-hybridized carbons (Fsp3) is 0.208. The van der Waals surface area contributed by atoms with Crippen LogP contribution < -0.4 is 10.1 Å². The average Bonchev–Trinajstić information content (AvgIpc) is 3.46. The number of fused-ring (bicyclic) bond motifs is 1. The molecule has 10 nitrogen and oxygen atoms in total. The maximum absolute atomic E-state index is 12.6. The van der Waals surface area contributed by atoms with Gasteiger partial charge in [0.2, 0.25) is 11.8 Å². The standard InChI is InChI=1S/C24H22F3N7O3/c1-4-20(35)29-12-19-22-18(15-11-30-33(13-15)14-21(36)32(2)3)9-10-28-23(22)34(31-19)16-5-7-17(8-6-16)37-24(25,26)27/h4-11,13H,1,12,14H2,2-3H3,(H,29,35). The molecule has 192 valence electrons. The summed E-state index contributed by atoms with van der Waals surface area (Å²) in [6.07, 6.45) is 1.19. The lowest BCUT2D eigenvalue weighted by Crippen LogP contribution is -2.26. The smallest absolute Gasteiger partial charge is 0.406 e. The molecule has 2 amide bonds. The van der Waals surface area contributed by atoms with Crippen molar-refractivity contribution in [2.75, 3.05) is 14.1 Å². The molecule has 4 rings (SSSR count). The van der Waals surface area contributed by atoms with Gasteiger partial charge in [0.15, 0.2) is 5.65 Å². The van der Waals surface area contributed by atoms with Crippen LogP contribution in [0.4, 0.5) is 13.2 Å². The summed E-state index contributed by atoms with van der Waals surface area (Å²) in [6.45, 7) is 3.53. The summed E-state index contributed by atoms with van der Waals surface area (Å²) in [6, 6.07) is 6.93. The molecule has 0 saturated carbocycles. The SMILES string of the molecule is C=CC(=O)NCc1nn(-c2ccc(OC(F)(F)F)cc2)c2nccc(-c3cnn(CC(=O)N(C)C)c3)c12. The van der Waals surface area contributed by atoms with Gasteiger partial charge in [-0.15, -0.1) is 13.2 Å². The second-order valence-corrected chi connectivity index (χ2v) is 8.09. The van der Waals surface area contributed by atoms with Crippen molar-refractivity contribution in [3.05, 3.63) is 67.3 Å². The second kappa shape index (κ2) is 10.1. The maximum Gasteiger partial charge on any atom is 0.573 e. The van der Waals surface area contributed by atoms with Crippen LogP contribution in [-0.2, 0) is 22.7 Å². The fourth-order valence-corrected chi connectivity index (χ4v) is 3.56. The Bertz CT molecular complexity index is 1460. The Morgan fingerprint density at radius 3 is 2.57 bits per heavy atom. The van der Waals surface area contributed by atoms with E-state index >= 15 is 0 Å². The van der Waals surface area contributed by atoms with Crippen LogP contribution in [0.2, 0.25) is 0 Å². The van der Waals surface area contributed by atoms with E-state index in [0.717, 1.165) is 6.08 Å². The summed E-state index contributed by atoms with van der Waals surface area (Å²) >= 11 is 0. The van der Waals surface area contributed by atoms with Gasteiger partial charge in [-0.3, -0.25) is 14.3 Å². The first-order chi connectivity index (χ1) is 17.6. The topological polar surface area (TPSA) is 107 Å². The first-order valence-electron chi connectivity index (χ1n) is 10.9. The predicted octanol–water partition coefficient (Wildman–Crippen LogP) is 3.07. The van der Waals surface area contributed by atoms with E-state index in [9.17, 15) is 22.8 Å². The number of halogens is 3. The third kappa shape index (κ3) is 5.77. The second-order valence-electron chi connectivity index (χ2n) is 8.09. The highest BCUT2D eigenvalue weighted by Crippen LogP contribution is 2.32. The van der Waals surface area contributed by atoms with Gasteiger partial charge in [-0.05, 0) is 42.0 Å². The number of pyridine rings is 1. The monoisotopic (exact) mass is 513 g/mol. The number of ether oxygens (including phenoxy) is 1. The lowest BCUT2D eigenvalue weighted by atomic mass is 10.1. The molecule has 0 aliphatic carbocycles. The van der Waals surface area contributed by atoms with Crippen molar-refractivity contribution in [2.45, 2.75) is 19.5 Å². The number of amides is 2. The molecule has 13 heteroatoms. The Morgan fingerprint density at radius 1 is 1.19 bits per heavy atom. The Kier molecular flexibility index (Phi) is 6.96. The average molecular weight is 513 g/mol. The van der Waals surface area contributed by atoms with E-state index in [-0.39, 0.29) is 24.7 Å². The van der Waals surface area contributed by atoms with Crippen molar-refractivity contribution in [3.8, 4) is 22.6 Å². The number of alkyl halides is 3. The van der Waals surface area contributed by atoms with Gasteiger partial charge in [-0.2, -0.15) is 10.2 Å². The molecule has 0 radical (unpaired) electrons. The molecule has 1 aromatic carbocycles. The van der Waals surface area contributed by atoms with Crippen LogP contribution in [0.5, 0.6) is 5.75 Å². The molecule has 3 heterocycles. The number of hydrogen-bond acceptors (Lipinski definition) is 6. The number of likely N-dealkylation sites (N-methyl/N-ethyl adjacent to an activating group) is 1. The molecule has 0 aliphatic rings. The van der Waals surface area contributed by atoms with Crippen molar-refractivity contribution in [2.24, 2.45) is 0 Å². The molecule has 37 heavy (non-hydrogen) atoms. The lowest BCUT2D eigenvalue weighted by molar-refractivity contribution is -0.274. The van der Waals surface area contributed by atoms with Gasteiger partial charge in [0.25, 0.3) is 0 Å². The molecular weight excluding hydrogens is 491 g/mol. The molecule has 1 N–H and O–H groups in total. The molecule has 0 aliphatic heterocycles. The number of carbonyl (C=O) groups is 2. The number of nitrogens with zero attached hydrogens (tertiary/aromatic N) is 6. The quantitative estimate of drug-likeness (QED) is 0.363. The van der Waals surface area contributed by atoms with Crippen LogP contribution in [0.25, 0.3) is 27.8 Å². The third-order valence-corrected chi connectivity index (χ3v) is 5.31. The summed E-state index contributed by atoms with van der Waals surface area (Å²) in [7, 11) is 3.30. The third-order valence-electron chi connectivity index (χ3n) is 5.31. The zero-order chi connectivity index (χ0) is 26.7. The Hall–Kier alpha value is -4.68. The van der Waals surface area contributed by atoms with Gasteiger partial charge in [0.1, 0.15) is 12.3 Å². The summed E-state index contributed by atoms with van der Waals surface area (Å²) in [4.78, 5) is 29.8. The zero-order valence-electron chi connectivity index (χ0n) is 19.9. The normalized spacial score (nSPS) is 11.4. The summed E-state index contributed by atoms with van der Waals surface area (Å²) in [5, 5.41) is 12.1. The van der Waals surface area contributed by atoms with E-state index in [1.165, 1.54) is 38.5 Å². The van der Waals surface area contributed by atoms with Gasteiger partial charge in [0, 0.05) is 32.1 Å². The number of hydrogen-bond donors (Lipinski definition) is 1. The highest BCUT2D eigenvalue weighted by atomic mass is 19.4. The van der Waals surface area contributed by atoms with Crippen LogP contribution in [0.3, 0.4) is 0 Å². The number of benzene rings is 1. The minimum Gasteiger partial charge on any atom is -0.406 e. The van der Waals surface area contributed by atoms with E-state index in [4.69, 9.17) is 0 Å². The van der Waals surface area contributed by atoms with Gasteiger partial charge in [0.05, 0.1) is 29.5 Å². The van der Waals surface area contributed by atoms with Crippen LogP contribution in [0.1, 0.15) is 5.69 Å². The minimum absolute atomic E-state index is 0.0373. The molecule has 3 aromatic heterocycles. The van der Waals surface area contributed by atoms with Crippen molar-refractivity contribution in [3.63, 3.8) is 0 Å². The first-order valence-corrected chi connectivity index (χ1v) is 10.9. The Balaban J connectivity index is 1.78. The van der Waals surface area contributed by atoms with Crippen LogP contribution in [0, 0.1) is 0 Å².